The van der Waals surface area contributed by atoms with Gasteiger partial charge in [-0.1, -0.05) is 27.7 Å². The first-order valence-electron chi connectivity index (χ1n) is 8.46. The van der Waals surface area contributed by atoms with E-state index in [2.05, 4.69) is 6.07 Å². The SMILES string of the molecule is CC(C)C(C(=O)OC(C)(C)C)C(C#N)(C(=O)OC(C)(C)C)C(C)C. The zero-order chi connectivity index (χ0) is 19.5. The summed E-state index contributed by atoms with van der Waals surface area (Å²) in [6.45, 7) is 17.7. The molecular formula is C19H33NO4. The summed E-state index contributed by atoms with van der Waals surface area (Å²) in [5.41, 5.74) is -3.04. The second kappa shape index (κ2) is 7.55. The smallest absolute Gasteiger partial charge is 0.328 e. The number of nitriles is 1. The third-order valence-electron chi connectivity index (χ3n) is 3.65. The maximum Gasteiger partial charge on any atom is 0.328 e. The van der Waals surface area contributed by atoms with Crippen LogP contribution in [0.15, 0.2) is 0 Å². The van der Waals surface area contributed by atoms with Gasteiger partial charge >= 0.3 is 11.9 Å². The molecule has 0 fully saturated rings. The number of carbonyl (C=O) groups excluding carboxylic acids is 2. The van der Waals surface area contributed by atoms with E-state index in [-0.39, 0.29) is 5.92 Å². The van der Waals surface area contributed by atoms with Crippen molar-refractivity contribution in [3.05, 3.63) is 0 Å². The molecule has 0 radical (unpaired) electrons. The predicted octanol–water partition coefficient (Wildman–Crippen LogP) is 4.11. The molecule has 0 saturated heterocycles. The molecule has 24 heavy (non-hydrogen) atoms. The van der Waals surface area contributed by atoms with Gasteiger partial charge in [0, 0.05) is 0 Å². The molecular weight excluding hydrogens is 306 g/mol. The highest BCUT2D eigenvalue weighted by Crippen LogP contribution is 2.43. The second-order valence-corrected chi connectivity index (χ2v) is 8.89. The van der Waals surface area contributed by atoms with Crippen LogP contribution in [-0.2, 0) is 19.1 Å². The minimum atomic E-state index is -1.59. The average Bonchev–Trinajstić information content (AvgIpc) is 2.29. The lowest BCUT2D eigenvalue weighted by molar-refractivity contribution is -0.183. The molecule has 0 rings (SSSR count). The minimum Gasteiger partial charge on any atom is -0.460 e. The Kier molecular flexibility index (Phi) is 7.05. The van der Waals surface area contributed by atoms with Crippen molar-refractivity contribution in [2.45, 2.75) is 80.4 Å². The van der Waals surface area contributed by atoms with Crippen molar-refractivity contribution in [1.82, 2.24) is 0 Å². The number of ether oxygens (including phenoxy) is 2. The van der Waals surface area contributed by atoms with E-state index in [0.717, 1.165) is 0 Å². The zero-order valence-corrected chi connectivity index (χ0v) is 16.8. The molecule has 0 aliphatic rings. The number of carbonyl (C=O) groups is 2. The molecule has 5 nitrogen and oxygen atoms in total. The Morgan fingerprint density at radius 1 is 0.875 bits per heavy atom. The van der Waals surface area contributed by atoms with Crippen LogP contribution in [0.5, 0.6) is 0 Å². The Bertz CT molecular complexity index is 503. The summed E-state index contributed by atoms with van der Waals surface area (Å²) in [5.74, 6) is -2.78. The predicted molar refractivity (Wildman–Crippen MR) is 92.9 cm³/mol. The molecule has 0 saturated carbocycles. The van der Waals surface area contributed by atoms with Crippen molar-refractivity contribution in [2.24, 2.45) is 23.2 Å². The van der Waals surface area contributed by atoms with Crippen LogP contribution in [-0.4, -0.2) is 23.1 Å². The van der Waals surface area contributed by atoms with Crippen LogP contribution in [0.25, 0.3) is 0 Å². The number of hydrogen-bond donors (Lipinski definition) is 0. The van der Waals surface area contributed by atoms with Gasteiger partial charge in [-0.2, -0.15) is 5.26 Å². The molecule has 0 bridgehead atoms. The zero-order valence-electron chi connectivity index (χ0n) is 16.8. The molecule has 0 spiro atoms. The largest absolute Gasteiger partial charge is 0.460 e. The van der Waals surface area contributed by atoms with Crippen LogP contribution in [0.3, 0.4) is 0 Å². The Morgan fingerprint density at radius 2 is 1.29 bits per heavy atom. The van der Waals surface area contributed by atoms with E-state index in [1.807, 2.05) is 13.8 Å². The van der Waals surface area contributed by atoms with Crippen molar-refractivity contribution in [3.8, 4) is 6.07 Å². The molecule has 5 heteroatoms. The van der Waals surface area contributed by atoms with E-state index < -0.39 is 40.4 Å². The van der Waals surface area contributed by atoms with Crippen molar-refractivity contribution in [3.63, 3.8) is 0 Å². The fraction of sp³-hybridized carbons (Fsp3) is 0.842. The molecule has 0 aromatic heterocycles. The summed E-state index contributed by atoms with van der Waals surface area (Å²) < 4.78 is 11.0. The number of hydrogen-bond acceptors (Lipinski definition) is 5. The molecule has 0 aromatic rings. The summed E-state index contributed by atoms with van der Waals surface area (Å²) in [7, 11) is 0. The average molecular weight is 339 g/mol. The van der Waals surface area contributed by atoms with E-state index in [1.54, 1.807) is 55.4 Å². The molecule has 0 N–H and O–H groups in total. The third-order valence-corrected chi connectivity index (χ3v) is 3.65. The van der Waals surface area contributed by atoms with Gasteiger partial charge in [-0.3, -0.25) is 9.59 Å². The fourth-order valence-corrected chi connectivity index (χ4v) is 2.68. The lowest BCUT2D eigenvalue weighted by atomic mass is 9.64. The molecule has 138 valence electrons. The fourth-order valence-electron chi connectivity index (χ4n) is 2.68. The summed E-state index contributed by atoms with van der Waals surface area (Å²) >= 11 is 0. The summed E-state index contributed by atoms with van der Waals surface area (Å²) in [6, 6.07) is 2.11. The first kappa shape index (κ1) is 22.4. The van der Waals surface area contributed by atoms with Crippen molar-refractivity contribution in [2.75, 3.05) is 0 Å². The first-order chi connectivity index (χ1) is 10.6. The quantitative estimate of drug-likeness (QED) is 0.705. The molecule has 0 heterocycles. The van der Waals surface area contributed by atoms with E-state index in [1.165, 1.54) is 0 Å². The highest BCUT2D eigenvalue weighted by atomic mass is 16.6. The van der Waals surface area contributed by atoms with Crippen LogP contribution >= 0.6 is 0 Å². The Hall–Kier alpha value is -1.57. The maximum absolute atomic E-state index is 12.9. The Balaban J connectivity index is 6.13. The van der Waals surface area contributed by atoms with Crippen molar-refractivity contribution < 1.29 is 19.1 Å². The van der Waals surface area contributed by atoms with Crippen molar-refractivity contribution in [1.29, 1.82) is 5.26 Å². The third kappa shape index (κ3) is 5.51. The van der Waals surface area contributed by atoms with Crippen LogP contribution in [0.4, 0.5) is 0 Å². The second-order valence-electron chi connectivity index (χ2n) is 8.89. The molecule has 2 atom stereocenters. The summed E-state index contributed by atoms with van der Waals surface area (Å²) in [5, 5.41) is 9.92. The lowest BCUT2D eigenvalue weighted by Crippen LogP contribution is -2.51. The molecule has 2 unspecified atom stereocenters. The number of rotatable bonds is 5. The van der Waals surface area contributed by atoms with Crippen molar-refractivity contribution >= 4 is 11.9 Å². The van der Waals surface area contributed by atoms with E-state index >= 15 is 0 Å². The van der Waals surface area contributed by atoms with Gasteiger partial charge < -0.3 is 9.47 Å². The van der Waals surface area contributed by atoms with Crippen LogP contribution < -0.4 is 0 Å². The normalized spacial score (nSPS) is 16.3. The van der Waals surface area contributed by atoms with Crippen LogP contribution in [0.2, 0.25) is 0 Å². The molecule has 0 aliphatic carbocycles. The Morgan fingerprint density at radius 3 is 1.54 bits per heavy atom. The van der Waals surface area contributed by atoms with Gasteiger partial charge in [-0.05, 0) is 53.4 Å². The van der Waals surface area contributed by atoms with Gasteiger partial charge in [0.25, 0.3) is 0 Å². The number of nitrogens with zero attached hydrogens (tertiary/aromatic N) is 1. The van der Waals surface area contributed by atoms with E-state index in [9.17, 15) is 14.9 Å². The number of esters is 2. The van der Waals surface area contributed by atoms with E-state index in [4.69, 9.17) is 9.47 Å². The van der Waals surface area contributed by atoms with Crippen LogP contribution in [0, 0.1) is 34.5 Å². The first-order valence-corrected chi connectivity index (χ1v) is 8.46. The Labute approximate surface area is 146 Å². The molecule has 0 amide bonds. The van der Waals surface area contributed by atoms with Gasteiger partial charge in [-0.15, -0.1) is 0 Å². The van der Waals surface area contributed by atoms with Gasteiger partial charge in [-0.25, -0.2) is 0 Å². The van der Waals surface area contributed by atoms with Gasteiger partial charge in [0.1, 0.15) is 11.2 Å². The van der Waals surface area contributed by atoms with Gasteiger partial charge in [0.15, 0.2) is 5.41 Å². The van der Waals surface area contributed by atoms with Gasteiger partial charge in [0.05, 0.1) is 12.0 Å². The standard InChI is InChI=1S/C19H33NO4/c1-12(2)14(15(21)23-17(5,6)7)19(11-20,13(3)4)16(22)24-18(8,9)10/h12-14H,1-10H3. The summed E-state index contributed by atoms with van der Waals surface area (Å²) in [6.07, 6.45) is 0. The highest BCUT2D eigenvalue weighted by Gasteiger charge is 2.56. The minimum absolute atomic E-state index is 0.255. The van der Waals surface area contributed by atoms with E-state index in [0.29, 0.717) is 0 Å². The monoisotopic (exact) mass is 339 g/mol. The highest BCUT2D eigenvalue weighted by molar-refractivity contribution is 5.88. The topological polar surface area (TPSA) is 76.4 Å². The lowest BCUT2D eigenvalue weighted by Gasteiger charge is -2.39. The molecule has 0 aromatic carbocycles. The maximum atomic E-state index is 12.9. The molecule has 0 aliphatic heterocycles. The van der Waals surface area contributed by atoms with Gasteiger partial charge in [0.2, 0.25) is 0 Å². The summed E-state index contributed by atoms with van der Waals surface area (Å²) in [4.78, 5) is 25.7. The van der Waals surface area contributed by atoms with Crippen LogP contribution in [0.1, 0.15) is 69.2 Å².